The van der Waals surface area contributed by atoms with Crippen molar-refractivity contribution in [3.63, 3.8) is 0 Å². The summed E-state index contributed by atoms with van der Waals surface area (Å²) in [4.78, 5) is 10.5. The van der Waals surface area contributed by atoms with E-state index in [0.29, 0.717) is 6.54 Å². The van der Waals surface area contributed by atoms with Crippen molar-refractivity contribution >= 4 is 5.69 Å². The summed E-state index contributed by atoms with van der Waals surface area (Å²) in [5.74, 6) is 0. The van der Waals surface area contributed by atoms with E-state index in [1.807, 2.05) is 24.7 Å². The molecule has 2 rings (SSSR count). The van der Waals surface area contributed by atoms with Crippen molar-refractivity contribution in [2.75, 3.05) is 7.05 Å². The molecule has 0 saturated carbocycles. The average molecular weight is 260 g/mol. The molecule has 0 fully saturated rings. The van der Waals surface area contributed by atoms with E-state index in [-0.39, 0.29) is 10.6 Å². The number of aryl methyl sites for hydroxylation is 1. The molecule has 0 saturated heterocycles. The van der Waals surface area contributed by atoms with Gasteiger partial charge in [-0.15, -0.1) is 0 Å². The van der Waals surface area contributed by atoms with Crippen LogP contribution in [0.3, 0.4) is 0 Å². The number of benzene rings is 1. The minimum absolute atomic E-state index is 0.108. The molecular formula is C13H16N4O2. The van der Waals surface area contributed by atoms with E-state index in [9.17, 15) is 10.1 Å². The zero-order valence-corrected chi connectivity index (χ0v) is 11.0. The van der Waals surface area contributed by atoms with Gasteiger partial charge < -0.3 is 5.32 Å². The maximum Gasteiger partial charge on any atom is 0.269 e. The van der Waals surface area contributed by atoms with Crippen molar-refractivity contribution in [1.29, 1.82) is 0 Å². The Morgan fingerprint density at radius 1 is 1.42 bits per heavy atom. The SMILES string of the molecule is CCn1nccc1-c1ccc([N+](=O)[O-])cc1CNC. The molecule has 1 aromatic heterocycles. The Morgan fingerprint density at radius 2 is 2.21 bits per heavy atom. The summed E-state index contributed by atoms with van der Waals surface area (Å²) in [7, 11) is 1.82. The molecule has 0 bridgehead atoms. The number of nitrogens with one attached hydrogen (secondary N) is 1. The molecule has 1 heterocycles. The van der Waals surface area contributed by atoms with E-state index in [4.69, 9.17) is 0 Å². The standard InChI is InChI=1S/C13H16N4O2/c1-3-16-13(6-7-15-16)12-5-4-11(17(18)19)8-10(12)9-14-2/h4-8,14H,3,9H2,1-2H3. The summed E-state index contributed by atoms with van der Waals surface area (Å²) in [5, 5.41) is 18.1. The van der Waals surface area contributed by atoms with Gasteiger partial charge >= 0.3 is 0 Å². The molecule has 0 radical (unpaired) electrons. The molecule has 6 nitrogen and oxygen atoms in total. The minimum atomic E-state index is -0.375. The highest BCUT2D eigenvalue weighted by molar-refractivity contribution is 5.66. The van der Waals surface area contributed by atoms with Crippen LogP contribution in [0.2, 0.25) is 0 Å². The molecule has 0 aliphatic rings. The highest BCUT2D eigenvalue weighted by Crippen LogP contribution is 2.27. The Morgan fingerprint density at radius 3 is 2.84 bits per heavy atom. The fourth-order valence-electron chi connectivity index (χ4n) is 2.09. The van der Waals surface area contributed by atoms with Crippen LogP contribution in [0.15, 0.2) is 30.5 Å². The lowest BCUT2D eigenvalue weighted by Gasteiger charge is -2.10. The Hall–Kier alpha value is -2.21. The summed E-state index contributed by atoms with van der Waals surface area (Å²) in [5.41, 5.74) is 2.95. The Bertz CT molecular complexity index is 592. The normalized spacial score (nSPS) is 10.6. The van der Waals surface area contributed by atoms with Crippen LogP contribution in [-0.4, -0.2) is 21.8 Å². The topological polar surface area (TPSA) is 73.0 Å². The minimum Gasteiger partial charge on any atom is -0.316 e. The summed E-state index contributed by atoms with van der Waals surface area (Å²) < 4.78 is 1.88. The first-order valence-electron chi connectivity index (χ1n) is 6.11. The predicted molar refractivity (Wildman–Crippen MR) is 72.8 cm³/mol. The van der Waals surface area contributed by atoms with Crippen LogP contribution in [-0.2, 0) is 13.1 Å². The summed E-state index contributed by atoms with van der Waals surface area (Å²) in [6.45, 7) is 3.35. The molecule has 6 heteroatoms. The number of nitrogens with zero attached hydrogens (tertiary/aromatic N) is 3. The number of nitro groups is 1. The van der Waals surface area contributed by atoms with Crippen LogP contribution in [0.25, 0.3) is 11.3 Å². The highest BCUT2D eigenvalue weighted by Gasteiger charge is 2.14. The Balaban J connectivity index is 2.53. The van der Waals surface area contributed by atoms with E-state index in [0.717, 1.165) is 23.4 Å². The van der Waals surface area contributed by atoms with E-state index in [2.05, 4.69) is 10.4 Å². The molecule has 0 aliphatic carbocycles. The zero-order chi connectivity index (χ0) is 13.8. The van der Waals surface area contributed by atoms with E-state index in [1.54, 1.807) is 18.3 Å². The molecule has 0 spiro atoms. The quantitative estimate of drug-likeness (QED) is 0.660. The van der Waals surface area contributed by atoms with E-state index in [1.165, 1.54) is 6.07 Å². The average Bonchev–Trinajstić information content (AvgIpc) is 2.87. The van der Waals surface area contributed by atoms with Gasteiger partial charge in [-0.1, -0.05) is 0 Å². The molecule has 2 aromatic rings. The lowest BCUT2D eigenvalue weighted by molar-refractivity contribution is -0.384. The molecule has 0 amide bonds. The third-order valence-electron chi connectivity index (χ3n) is 2.96. The first-order valence-corrected chi connectivity index (χ1v) is 6.11. The van der Waals surface area contributed by atoms with Crippen molar-refractivity contribution in [2.24, 2.45) is 0 Å². The zero-order valence-electron chi connectivity index (χ0n) is 11.0. The molecule has 19 heavy (non-hydrogen) atoms. The van der Waals surface area contributed by atoms with Crippen LogP contribution in [0, 0.1) is 10.1 Å². The van der Waals surface area contributed by atoms with Gasteiger partial charge in [-0.25, -0.2) is 0 Å². The number of hydrogen-bond donors (Lipinski definition) is 1. The van der Waals surface area contributed by atoms with Crippen LogP contribution < -0.4 is 5.32 Å². The van der Waals surface area contributed by atoms with Gasteiger partial charge in [0.2, 0.25) is 0 Å². The number of hydrogen-bond acceptors (Lipinski definition) is 4. The maximum absolute atomic E-state index is 10.8. The molecule has 1 N–H and O–H groups in total. The van der Waals surface area contributed by atoms with E-state index >= 15 is 0 Å². The van der Waals surface area contributed by atoms with Gasteiger partial charge in [0.25, 0.3) is 5.69 Å². The highest BCUT2D eigenvalue weighted by atomic mass is 16.6. The summed E-state index contributed by atoms with van der Waals surface area (Å²) in [6, 6.07) is 6.85. The van der Waals surface area contributed by atoms with Gasteiger partial charge in [-0.3, -0.25) is 14.8 Å². The number of non-ortho nitro benzene ring substituents is 1. The second kappa shape index (κ2) is 5.62. The molecule has 0 unspecified atom stereocenters. The predicted octanol–water partition coefficient (Wildman–Crippen LogP) is 2.20. The van der Waals surface area contributed by atoms with Crippen molar-refractivity contribution in [1.82, 2.24) is 15.1 Å². The molecule has 100 valence electrons. The molecule has 1 aromatic carbocycles. The van der Waals surface area contributed by atoms with Crippen LogP contribution in [0.1, 0.15) is 12.5 Å². The summed E-state index contributed by atoms with van der Waals surface area (Å²) >= 11 is 0. The number of aromatic nitrogens is 2. The fraction of sp³-hybridized carbons (Fsp3) is 0.308. The molecular weight excluding hydrogens is 244 g/mol. The lowest BCUT2D eigenvalue weighted by Crippen LogP contribution is -2.08. The Labute approximate surface area is 111 Å². The van der Waals surface area contributed by atoms with Gasteiger partial charge in [-0.2, -0.15) is 5.10 Å². The number of nitro benzene ring substituents is 1. The third-order valence-corrected chi connectivity index (χ3v) is 2.96. The van der Waals surface area contributed by atoms with Crippen LogP contribution in [0.4, 0.5) is 5.69 Å². The smallest absolute Gasteiger partial charge is 0.269 e. The third kappa shape index (κ3) is 2.63. The Kier molecular flexibility index (Phi) is 3.91. The van der Waals surface area contributed by atoms with Gasteiger partial charge in [0.1, 0.15) is 0 Å². The van der Waals surface area contributed by atoms with Gasteiger partial charge in [-0.05, 0) is 31.7 Å². The van der Waals surface area contributed by atoms with Crippen molar-refractivity contribution in [3.8, 4) is 11.3 Å². The number of rotatable bonds is 5. The van der Waals surface area contributed by atoms with Gasteiger partial charge in [0.05, 0.1) is 10.6 Å². The van der Waals surface area contributed by atoms with Gasteiger partial charge in [0, 0.05) is 37.0 Å². The van der Waals surface area contributed by atoms with Crippen LogP contribution >= 0.6 is 0 Å². The second-order valence-electron chi connectivity index (χ2n) is 4.16. The monoisotopic (exact) mass is 260 g/mol. The first kappa shape index (κ1) is 13.2. The van der Waals surface area contributed by atoms with Crippen molar-refractivity contribution in [2.45, 2.75) is 20.0 Å². The van der Waals surface area contributed by atoms with Crippen molar-refractivity contribution in [3.05, 3.63) is 46.1 Å². The summed E-state index contributed by atoms with van der Waals surface area (Å²) in [6.07, 6.45) is 1.74. The first-order chi connectivity index (χ1) is 9.17. The molecule has 0 aliphatic heterocycles. The van der Waals surface area contributed by atoms with Crippen LogP contribution in [0.5, 0.6) is 0 Å². The van der Waals surface area contributed by atoms with Crippen molar-refractivity contribution < 1.29 is 4.92 Å². The fourth-order valence-corrected chi connectivity index (χ4v) is 2.09. The van der Waals surface area contributed by atoms with Gasteiger partial charge in [0.15, 0.2) is 0 Å². The lowest BCUT2D eigenvalue weighted by atomic mass is 10.0. The largest absolute Gasteiger partial charge is 0.316 e. The van der Waals surface area contributed by atoms with E-state index < -0.39 is 0 Å². The molecule has 0 atom stereocenters. The maximum atomic E-state index is 10.8. The second-order valence-corrected chi connectivity index (χ2v) is 4.16.